The van der Waals surface area contributed by atoms with Crippen LogP contribution in [0.5, 0.6) is 0 Å². The van der Waals surface area contributed by atoms with E-state index in [0.29, 0.717) is 0 Å². The normalized spacial score (nSPS) is 12.9. The molecule has 0 fully saturated rings. The summed E-state index contributed by atoms with van der Waals surface area (Å²) in [6.45, 7) is 1.52. The van der Waals surface area contributed by atoms with Crippen LogP contribution in [0.1, 0.15) is 30.5 Å². The SMILES string of the molecule is C[C@@H](NC(=O)[C@@H](N)CC(=O)O)C(=O)NC(c1ccccc1)c1ccccc1. The third-order valence-corrected chi connectivity index (χ3v) is 4.04. The number of benzene rings is 2. The number of aliphatic carboxylic acids is 1. The van der Waals surface area contributed by atoms with Crippen molar-refractivity contribution in [3.8, 4) is 0 Å². The molecular formula is C20H23N3O4. The Kier molecular flexibility index (Phi) is 7.08. The minimum atomic E-state index is -1.21. The van der Waals surface area contributed by atoms with Crippen molar-refractivity contribution in [2.75, 3.05) is 0 Å². The molecule has 0 saturated heterocycles. The van der Waals surface area contributed by atoms with Gasteiger partial charge in [0.2, 0.25) is 11.8 Å². The Morgan fingerprint density at radius 3 is 1.81 bits per heavy atom. The zero-order valence-electron chi connectivity index (χ0n) is 15.0. The molecule has 2 amide bonds. The first-order chi connectivity index (χ1) is 12.9. The third-order valence-electron chi connectivity index (χ3n) is 4.04. The van der Waals surface area contributed by atoms with Gasteiger partial charge in [0.05, 0.1) is 18.5 Å². The van der Waals surface area contributed by atoms with E-state index in [1.165, 1.54) is 6.92 Å². The number of carbonyl (C=O) groups is 3. The zero-order valence-corrected chi connectivity index (χ0v) is 15.0. The van der Waals surface area contributed by atoms with E-state index in [4.69, 9.17) is 10.8 Å². The average molecular weight is 369 g/mol. The minimum absolute atomic E-state index is 0.382. The fraction of sp³-hybridized carbons (Fsp3) is 0.250. The van der Waals surface area contributed by atoms with Crippen LogP contribution >= 0.6 is 0 Å². The number of carboxylic acids is 1. The Labute approximate surface area is 157 Å². The molecule has 0 aliphatic carbocycles. The number of carbonyl (C=O) groups excluding carboxylic acids is 2. The van der Waals surface area contributed by atoms with E-state index in [0.717, 1.165) is 11.1 Å². The van der Waals surface area contributed by atoms with Gasteiger partial charge in [0.15, 0.2) is 0 Å². The van der Waals surface area contributed by atoms with Crippen LogP contribution < -0.4 is 16.4 Å². The molecule has 7 nitrogen and oxygen atoms in total. The zero-order chi connectivity index (χ0) is 19.8. The van der Waals surface area contributed by atoms with Crippen LogP contribution in [0.2, 0.25) is 0 Å². The smallest absolute Gasteiger partial charge is 0.305 e. The lowest BCUT2D eigenvalue weighted by Crippen LogP contribution is -2.51. The summed E-state index contributed by atoms with van der Waals surface area (Å²) >= 11 is 0. The molecule has 0 radical (unpaired) electrons. The van der Waals surface area contributed by atoms with Crippen LogP contribution in [0, 0.1) is 0 Å². The summed E-state index contributed by atoms with van der Waals surface area (Å²) in [7, 11) is 0. The minimum Gasteiger partial charge on any atom is -0.481 e. The molecular weight excluding hydrogens is 346 g/mol. The maximum atomic E-state index is 12.6. The number of nitrogens with two attached hydrogens (primary N) is 1. The number of carboxylic acid groups (broad SMARTS) is 1. The molecule has 5 N–H and O–H groups in total. The van der Waals surface area contributed by atoms with Crippen molar-refractivity contribution in [2.45, 2.75) is 31.5 Å². The van der Waals surface area contributed by atoms with Gasteiger partial charge in [-0.1, -0.05) is 60.7 Å². The van der Waals surface area contributed by atoms with Gasteiger partial charge in [-0.2, -0.15) is 0 Å². The summed E-state index contributed by atoms with van der Waals surface area (Å²) in [5.41, 5.74) is 7.33. The van der Waals surface area contributed by atoms with Crippen molar-refractivity contribution in [3.05, 3.63) is 71.8 Å². The molecule has 0 aliphatic heterocycles. The van der Waals surface area contributed by atoms with Crippen molar-refractivity contribution in [1.29, 1.82) is 0 Å². The molecule has 0 saturated carbocycles. The summed E-state index contributed by atoms with van der Waals surface area (Å²) in [6, 6.07) is 16.5. The van der Waals surface area contributed by atoms with Gasteiger partial charge in [-0.3, -0.25) is 14.4 Å². The lowest BCUT2D eigenvalue weighted by Gasteiger charge is -2.23. The summed E-state index contributed by atoms with van der Waals surface area (Å²) in [5.74, 6) is -2.26. The number of rotatable bonds is 8. The highest BCUT2D eigenvalue weighted by molar-refractivity contribution is 5.91. The summed E-state index contributed by atoms with van der Waals surface area (Å²) in [5, 5.41) is 14.1. The standard InChI is InChI=1S/C20H23N3O4/c1-13(22-20(27)16(21)12-17(24)25)19(26)23-18(14-8-4-2-5-9-14)15-10-6-3-7-11-15/h2-11,13,16,18H,12,21H2,1H3,(H,22,27)(H,23,26)(H,24,25)/t13-,16+/m1/s1. The van der Waals surface area contributed by atoms with Gasteiger partial charge >= 0.3 is 5.97 Å². The van der Waals surface area contributed by atoms with E-state index in [1.807, 2.05) is 60.7 Å². The number of hydrogen-bond donors (Lipinski definition) is 4. The number of amides is 2. The lowest BCUT2D eigenvalue weighted by molar-refractivity contribution is -0.139. The van der Waals surface area contributed by atoms with Crippen LogP contribution in [0.25, 0.3) is 0 Å². The quantitative estimate of drug-likeness (QED) is 0.557. The van der Waals surface area contributed by atoms with Gasteiger partial charge in [-0.15, -0.1) is 0 Å². The molecule has 2 rings (SSSR count). The molecule has 0 heterocycles. The molecule has 2 aromatic rings. The highest BCUT2D eigenvalue weighted by Crippen LogP contribution is 2.21. The summed E-state index contributed by atoms with van der Waals surface area (Å²) in [4.78, 5) is 35.2. The van der Waals surface area contributed by atoms with E-state index in [1.54, 1.807) is 0 Å². The van der Waals surface area contributed by atoms with Crippen molar-refractivity contribution in [2.24, 2.45) is 5.73 Å². The van der Waals surface area contributed by atoms with Crippen molar-refractivity contribution in [1.82, 2.24) is 10.6 Å². The number of hydrogen-bond acceptors (Lipinski definition) is 4. The Hall–Kier alpha value is -3.19. The lowest BCUT2D eigenvalue weighted by atomic mass is 9.98. The van der Waals surface area contributed by atoms with E-state index >= 15 is 0 Å². The first-order valence-electron chi connectivity index (χ1n) is 8.56. The first-order valence-corrected chi connectivity index (χ1v) is 8.56. The Morgan fingerprint density at radius 1 is 0.889 bits per heavy atom. The second-order valence-corrected chi connectivity index (χ2v) is 6.20. The molecule has 0 aliphatic rings. The Morgan fingerprint density at radius 2 is 1.37 bits per heavy atom. The maximum absolute atomic E-state index is 12.6. The molecule has 0 spiro atoms. The van der Waals surface area contributed by atoms with E-state index in [2.05, 4.69) is 10.6 Å². The molecule has 7 heteroatoms. The van der Waals surface area contributed by atoms with Crippen molar-refractivity contribution >= 4 is 17.8 Å². The van der Waals surface area contributed by atoms with E-state index in [-0.39, 0.29) is 6.04 Å². The Bertz CT molecular complexity index is 741. The summed E-state index contributed by atoms with van der Waals surface area (Å²) in [6.07, 6.45) is -0.503. The average Bonchev–Trinajstić information content (AvgIpc) is 2.66. The van der Waals surface area contributed by atoms with Crippen LogP contribution in [-0.4, -0.2) is 35.0 Å². The maximum Gasteiger partial charge on any atom is 0.305 e. The molecule has 2 atom stereocenters. The van der Waals surface area contributed by atoms with Crippen LogP contribution in [0.15, 0.2) is 60.7 Å². The van der Waals surface area contributed by atoms with E-state index in [9.17, 15) is 14.4 Å². The van der Waals surface area contributed by atoms with Gasteiger partial charge in [0.25, 0.3) is 0 Å². The van der Waals surface area contributed by atoms with Gasteiger partial charge in [-0.05, 0) is 18.1 Å². The molecule has 27 heavy (non-hydrogen) atoms. The van der Waals surface area contributed by atoms with Gasteiger partial charge in [-0.25, -0.2) is 0 Å². The molecule has 0 aromatic heterocycles. The predicted molar refractivity (Wildman–Crippen MR) is 101 cm³/mol. The summed E-state index contributed by atoms with van der Waals surface area (Å²) < 4.78 is 0. The monoisotopic (exact) mass is 369 g/mol. The van der Waals surface area contributed by atoms with Crippen LogP contribution in [-0.2, 0) is 14.4 Å². The second kappa shape index (κ2) is 9.49. The molecule has 2 aromatic carbocycles. The topological polar surface area (TPSA) is 122 Å². The van der Waals surface area contributed by atoms with Crippen molar-refractivity contribution < 1.29 is 19.5 Å². The third kappa shape index (κ3) is 5.93. The van der Waals surface area contributed by atoms with Gasteiger partial charge < -0.3 is 21.5 Å². The van der Waals surface area contributed by atoms with Crippen molar-refractivity contribution in [3.63, 3.8) is 0 Å². The molecule has 142 valence electrons. The fourth-order valence-electron chi connectivity index (χ4n) is 2.58. The van der Waals surface area contributed by atoms with E-state index < -0.39 is 36.3 Å². The van der Waals surface area contributed by atoms with Crippen LogP contribution in [0.3, 0.4) is 0 Å². The molecule has 0 bridgehead atoms. The predicted octanol–water partition coefficient (Wildman–Crippen LogP) is 1.20. The number of nitrogens with one attached hydrogen (secondary N) is 2. The highest BCUT2D eigenvalue weighted by Gasteiger charge is 2.24. The van der Waals surface area contributed by atoms with Crippen LogP contribution in [0.4, 0.5) is 0 Å². The second-order valence-electron chi connectivity index (χ2n) is 6.20. The largest absolute Gasteiger partial charge is 0.481 e. The first kappa shape index (κ1) is 20.1. The van der Waals surface area contributed by atoms with Gasteiger partial charge in [0.1, 0.15) is 6.04 Å². The highest BCUT2D eigenvalue weighted by atomic mass is 16.4. The molecule has 0 unspecified atom stereocenters. The fourth-order valence-corrected chi connectivity index (χ4v) is 2.58. The van der Waals surface area contributed by atoms with Gasteiger partial charge in [0, 0.05) is 0 Å². The Balaban J connectivity index is 2.09.